The molecular weight excluding hydrogens is 334 g/mol. The minimum Gasteiger partial charge on any atom is -0.361 e. The average molecular weight is 357 g/mol. The molecule has 1 unspecified atom stereocenters. The normalized spacial score (nSPS) is 23.5. The van der Waals surface area contributed by atoms with Crippen molar-refractivity contribution in [1.29, 1.82) is 0 Å². The van der Waals surface area contributed by atoms with E-state index in [0.717, 1.165) is 17.6 Å². The standard InChI is InChI=1S/C23H23N3O/c1-22(2)18-8-4-6-10-20(18)26-14-12-21(27)25-23(22,26)13-11-16-15-24-19-9-5-3-7-17(16)19/h3-11,13,15,24H,12,14H2,1-2H3,(H,25,27). The van der Waals surface area contributed by atoms with Crippen molar-refractivity contribution in [1.82, 2.24) is 10.3 Å². The van der Waals surface area contributed by atoms with Gasteiger partial charge in [-0.3, -0.25) is 4.79 Å². The van der Waals surface area contributed by atoms with Crippen molar-refractivity contribution in [3.63, 3.8) is 0 Å². The third-order valence-electron chi connectivity index (χ3n) is 6.26. The summed E-state index contributed by atoms with van der Waals surface area (Å²) in [5.41, 5.74) is 3.92. The average Bonchev–Trinajstić information content (AvgIpc) is 3.16. The summed E-state index contributed by atoms with van der Waals surface area (Å²) >= 11 is 0. The first-order valence-corrected chi connectivity index (χ1v) is 9.46. The SMILES string of the molecule is CC1(C)c2ccccc2N2CCC(=O)NC21C=Cc1c[nH]c2ccccc12. The lowest BCUT2D eigenvalue weighted by Gasteiger charge is -2.49. The number of nitrogens with one attached hydrogen (secondary N) is 2. The van der Waals surface area contributed by atoms with Crippen LogP contribution in [0.4, 0.5) is 5.69 Å². The van der Waals surface area contributed by atoms with E-state index in [9.17, 15) is 4.79 Å². The number of nitrogens with zero attached hydrogens (tertiary/aromatic N) is 1. The molecule has 136 valence electrons. The van der Waals surface area contributed by atoms with Crippen molar-refractivity contribution in [2.45, 2.75) is 31.3 Å². The van der Waals surface area contributed by atoms with Gasteiger partial charge in [-0.2, -0.15) is 0 Å². The van der Waals surface area contributed by atoms with Gasteiger partial charge in [0.05, 0.1) is 0 Å². The number of para-hydroxylation sites is 2. The number of amides is 1. The number of H-pyrrole nitrogens is 1. The van der Waals surface area contributed by atoms with Gasteiger partial charge in [-0.25, -0.2) is 0 Å². The van der Waals surface area contributed by atoms with E-state index in [0.29, 0.717) is 6.42 Å². The third-order valence-corrected chi connectivity index (χ3v) is 6.26. The van der Waals surface area contributed by atoms with Crippen molar-refractivity contribution in [3.05, 3.63) is 71.9 Å². The van der Waals surface area contributed by atoms with Gasteiger partial charge in [-0.05, 0) is 29.3 Å². The van der Waals surface area contributed by atoms with Gasteiger partial charge in [0, 0.05) is 41.2 Å². The third kappa shape index (κ3) is 2.13. The zero-order valence-corrected chi connectivity index (χ0v) is 15.6. The van der Waals surface area contributed by atoms with Gasteiger partial charge in [-0.1, -0.05) is 56.3 Å². The van der Waals surface area contributed by atoms with Crippen LogP contribution in [0.25, 0.3) is 17.0 Å². The highest BCUT2D eigenvalue weighted by molar-refractivity contribution is 5.90. The Bertz CT molecular complexity index is 1080. The second kappa shape index (κ2) is 5.49. The Morgan fingerprint density at radius 1 is 1.07 bits per heavy atom. The molecule has 3 heterocycles. The minimum atomic E-state index is -0.565. The van der Waals surface area contributed by atoms with E-state index < -0.39 is 5.66 Å². The first-order chi connectivity index (χ1) is 13.0. The predicted octanol–water partition coefficient (Wildman–Crippen LogP) is 4.20. The Balaban J connectivity index is 1.66. The molecule has 1 fully saturated rings. The highest BCUT2D eigenvalue weighted by Crippen LogP contribution is 2.52. The number of hydrogen-bond donors (Lipinski definition) is 2. The predicted molar refractivity (Wildman–Crippen MR) is 110 cm³/mol. The Morgan fingerprint density at radius 2 is 1.85 bits per heavy atom. The molecule has 0 radical (unpaired) electrons. The molecule has 2 aliphatic rings. The Labute approximate surface area is 158 Å². The van der Waals surface area contributed by atoms with Gasteiger partial charge >= 0.3 is 0 Å². The topological polar surface area (TPSA) is 48.1 Å². The summed E-state index contributed by atoms with van der Waals surface area (Å²) in [5.74, 6) is 0.107. The van der Waals surface area contributed by atoms with E-state index in [1.165, 1.54) is 16.6 Å². The summed E-state index contributed by atoms with van der Waals surface area (Å²) < 4.78 is 0. The summed E-state index contributed by atoms with van der Waals surface area (Å²) in [5, 5.41) is 4.52. The number of carbonyl (C=O) groups excluding carboxylic acids is 1. The number of aromatic nitrogens is 1. The highest BCUT2D eigenvalue weighted by Gasteiger charge is 2.57. The molecule has 0 saturated carbocycles. The van der Waals surface area contributed by atoms with Crippen LogP contribution in [-0.4, -0.2) is 23.1 Å². The van der Waals surface area contributed by atoms with Crippen molar-refractivity contribution >= 4 is 28.6 Å². The lowest BCUT2D eigenvalue weighted by atomic mass is 9.74. The van der Waals surface area contributed by atoms with Crippen molar-refractivity contribution in [3.8, 4) is 0 Å². The fourth-order valence-corrected chi connectivity index (χ4v) is 4.76. The molecule has 0 spiro atoms. The molecule has 5 rings (SSSR count). The van der Waals surface area contributed by atoms with Crippen LogP contribution >= 0.6 is 0 Å². The van der Waals surface area contributed by atoms with Gasteiger partial charge in [0.2, 0.25) is 5.91 Å². The smallest absolute Gasteiger partial charge is 0.223 e. The largest absolute Gasteiger partial charge is 0.361 e. The lowest BCUT2D eigenvalue weighted by molar-refractivity contribution is -0.124. The van der Waals surface area contributed by atoms with Crippen LogP contribution in [0.2, 0.25) is 0 Å². The van der Waals surface area contributed by atoms with Gasteiger partial charge in [-0.15, -0.1) is 0 Å². The number of anilines is 1. The molecule has 1 atom stereocenters. The zero-order valence-electron chi connectivity index (χ0n) is 15.6. The second-order valence-corrected chi connectivity index (χ2v) is 7.98. The first-order valence-electron chi connectivity index (χ1n) is 9.46. The van der Waals surface area contributed by atoms with Crippen LogP contribution in [0.1, 0.15) is 31.4 Å². The molecular formula is C23H23N3O. The first kappa shape index (κ1) is 16.2. The Morgan fingerprint density at radius 3 is 2.74 bits per heavy atom. The highest BCUT2D eigenvalue weighted by atomic mass is 16.2. The van der Waals surface area contributed by atoms with Crippen molar-refractivity contribution in [2.75, 3.05) is 11.4 Å². The summed E-state index contributed by atoms with van der Waals surface area (Å²) in [6.07, 6.45) is 6.87. The molecule has 0 aliphatic carbocycles. The molecule has 4 heteroatoms. The fraction of sp³-hybridized carbons (Fsp3) is 0.261. The number of benzene rings is 2. The molecule has 1 saturated heterocycles. The zero-order chi connectivity index (χ0) is 18.6. The van der Waals surface area contributed by atoms with Crippen molar-refractivity contribution in [2.24, 2.45) is 0 Å². The molecule has 1 amide bonds. The van der Waals surface area contributed by atoms with E-state index in [1.54, 1.807) is 0 Å². The van der Waals surface area contributed by atoms with Gasteiger partial charge in [0.1, 0.15) is 5.66 Å². The number of carbonyl (C=O) groups is 1. The van der Waals surface area contributed by atoms with Crippen LogP contribution < -0.4 is 10.2 Å². The maximum absolute atomic E-state index is 12.4. The molecule has 2 aliphatic heterocycles. The van der Waals surface area contributed by atoms with Crippen LogP contribution in [0.15, 0.2) is 60.8 Å². The maximum Gasteiger partial charge on any atom is 0.223 e. The summed E-state index contributed by atoms with van der Waals surface area (Å²) in [6.45, 7) is 5.17. The summed E-state index contributed by atoms with van der Waals surface area (Å²) in [6, 6.07) is 16.8. The number of aromatic amines is 1. The summed E-state index contributed by atoms with van der Waals surface area (Å²) in [4.78, 5) is 18.1. The Hall–Kier alpha value is -3.01. The molecule has 4 nitrogen and oxygen atoms in total. The van der Waals surface area contributed by atoms with E-state index >= 15 is 0 Å². The molecule has 3 aromatic rings. The Kier molecular flexibility index (Phi) is 3.29. The lowest BCUT2D eigenvalue weighted by Crippen LogP contribution is -2.68. The monoisotopic (exact) mass is 357 g/mol. The molecule has 1 aromatic heterocycles. The molecule has 2 N–H and O–H groups in total. The van der Waals surface area contributed by atoms with Gasteiger partial charge in [0.15, 0.2) is 0 Å². The van der Waals surface area contributed by atoms with Crippen LogP contribution in [-0.2, 0) is 10.2 Å². The maximum atomic E-state index is 12.4. The number of hydrogen-bond acceptors (Lipinski definition) is 2. The quantitative estimate of drug-likeness (QED) is 0.722. The van der Waals surface area contributed by atoms with E-state index in [2.05, 4.69) is 83.7 Å². The second-order valence-electron chi connectivity index (χ2n) is 7.98. The van der Waals surface area contributed by atoms with Gasteiger partial charge in [0.25, 0.3) is 0 Å². The summed E-state index contributed by atoms with van der Waals surface area (Å²) in [7, 11) is 0. The van der Waals surface area contributed by atoms with Crippen LogP contribution in [0.3, 0.4) is 0 Å². The number of fused-ring (bicyclic) bond motifs is 4. The van der Waals surface area contributed by atoms with Crippen LogP contribution in [0, 0.1) is 0 Å². The molecule has 0 bridgehead atoms. The van der Waals surface area contributed by atoms with Crippen LogP contribution in [0.5, 0.6) is 0 Å². The molecule has 2 aromatic carbocycles. The van der Waals surface area contributed by atoms with Crippen molar-refractivity contribution < 1.29 is 4.79 Å². The fourth-order valence-electron chi connectivity index (χ4n) is 4.76. The number of rotatable bonds is 2. The van der Waals surface area contributed by atoms with Gasteiger partial charge < -0.3 is 15.2 Å². The van der Waals surface area contributed by atoms with E-state index in [-0.39, 0.29) is 11.3 Å². The molecule has 27 heavy (non-hydrogen) atoms. The minimum absolute atomic E-state index is 0.107. The van der Waals surface area contributed by atoms with E-state index in [1.807, 2.05) is 12.3 Å². The van der Waals surface area contributed by atoms with E-state index in [4.69, 9.17) is 0 Å².